The highest BCUT2D eigenvalue weighted by Crippen LogP contribution is 2.60. The molecule has 0 aliphatic carbocycles. The van der Waals surface area contributed by atoms with Crippen LogP contribution in [-0.4, -0.2) is 84.6 Å². The summed E-state index contributed by atoms with van der Waals surface area (Å²) in [5.41, 5.74) is 0.237. The minimum atomic E-state index is -1.22. The van der Waals surface area contributed by atoms with Gasteiger partial charge in [-0.15, -0.1) is 5.10 Å². The molecule has 3 aliphatic heterocycles. The summed E-state index contributed by atoms with van der Waals surface area (Å²) in [5, 5.41) is 21.5. The molecule has 4 heterocycles. The van der Waals surface area contributed by atoms with Crippen LogP contribution in [0.25, 0.3) is 11.0 Å². The molecular formula is C25H32BrN5O6. The fourth-order valence-electron chi connectivity index (χ4n) is 6.37. The van der Waals surface area contributed by atoms with E-state index in [2.05, 4.69) is 31.6 Å². The summed E-state index contributed by atoms with van der Waals surface area (Å²) in [5.74, 6) is -2.82. The zero-order chi connectivity index (χ0) is 26.5. The minimum Gasteiger partial charge on any atom is -0.466 e. The predicted octanol–water partition coefficient (Wildman–Crippen LogP) is 1.22. The van der Waals surface area contributed by atoms with Crippen LogP contribution in [0.5, 0.6) is 0 Å². The van der Waals surface area contributed by atoms with E-state index in [0.29, 0.717) is 18.4 Å². The third kappa shape index (κ3) is 4.13. The van der Waals surface area contributed by atoms with Crippen LogP contribution in [0, 0.1) is 17.8 Å². The van der Waals surface area contributed by atoms with Crippen molar-refractivity contribution in [1.82, 2.24) is 25.2 Å². The van der Waals surface area contributed by atoms with Gasteiger partial charge in [-0.1, -0.05) is 47.1 Å². The number of halogens is 1. The summed E-state index contributed by atoms with van der Waals surface area (Å²) in [4.78, 5) is 42.2. The van der Waals surface area contributed by atoms with Gasteiger partial charge in [-0.25, -0.2) is 4.68 Å². The number of likely N-dealkylation sites (tertiary alicyclic amines) is 1. The molecule has 12 heteroatoms. The Kier molecular flexibility index (Phi) is 7.01. The summed E-state index contributed by atoms with van der Waals surface area (Å²) in [6, 6.07) is 5.77. The predicted molar refractivity (Wildman–Crippen MR) is 135 cm³/mol. The topological polar surface area (TPSA) is 136 Å². The molecule has 1 spiro atoms. The summed E-state index contributed by atoms with van der Waals surface area (Å²) in [7, 11) is 0. The molecule has 200 valence electrons. The number of benzene rings is 1. The lowest BCUT2D eigenvalue weighted by molar-refractivity contribution is -0.155. The molecule has 3 aliphatic rings. The highest BCUT2D eigenvalue weighted by Gasteiger charge is 2.77. The number of rotatable bonds is 9. The maximum absolute atomic E-state index is 14.0. The first-order valence-corrected chi connectivity index (χ1v) is 13.6. The van der Waals surface area contributed by atoms with Gasteiger partial charge in [-0.2, -0.15) is 0 Å². The van der Waals surface area contributed by atoms with E-state index in [-0.39, 0.29) is 36.5 Å². The van der Waals surface area contributed by atoms with Gasteiger partial charge in [0.05, 0.1) is 42.7 Å². The van der Waals surface area contributed by atoms with Gasteiger partial charge in [0, 0.05) is 4.83 Å². The van der Waals surface area contributed by atoms with Crippen LogP contribution in [0.2, 0.25) is 0 Å². The van der Waals surface area contributed by atoms with Crippen LogP contribution in [-0.2, 0) is 30.5 Å². The number of esters is 1. The maximum Gasteiger partial charge on any atom is 0.312 e. The van der Waals surface area contributed by atoms with Crippen LogP contribution in [0.15, 0.2) is 24.3 Å². The molecule has 37 heavy (non-hydrogen) atoms. The molecular weight excluding hydrogens is 546 g/mol. The van der Waals surface area contributed by atoms with Crippen molar-refractivity contribution in [1.29, 1.82) is 0 Å². The van der Waals surface area contributed by atoms with Crippen molar-refractivity contribution in [2.75, 3.05) is 13.2 Å². The van der Waals surface area contributed by atoms with E-state index in [4.69, 9.17) is 9.47 Å². The zero-order valence-corrected chi connectivity index (χ0v) is 22.6. The number of aromatic nitrogens is 3. The van der Waals surface area contributed by atoms with E-state index in [0.717, 1.165) is 5.52 Å². The molecule has 2 aromatic rings. The van der Waals surface area contributed by atoms with Gasteiger partial charge >= 0.3 is 5.97 Å². The Morgan fingerprint density at radius 2 is 2.11 bits per heavy atom. The number of aliphatic hydroxyl groups is 1. The van der Waals surface area contributed by atoms with E-state index >= 15 is 0 Å². The average Bonchev–Trinajstić information content (AvgIpc) is 3.58. The molecule has 0 radical (unpaired) electrons. The summed E-state index contributed by atoms with van der Waals surface area (Å²) in [6.45, 7) is 5.60. The van der Waals surface area contributed by atoms with Gasteiger partial charge in [0.2, 0.25) is 11.8 Å². The van der Waals surface area contributed by atoms with Gasteiger partial charge in [0.15, 0.2) is 0 Å². The van der Waals surface area contributed by atoms with Gasteiger partial charge in [0.1, 0.15) is 23.8 Å². The molecule has 5 rings (SSSR count). The molecule has 7 atom stereocenters. The van der Waals surface area contributed by atoms with Crippen LogP contribution < -0.4 is 5.32 Å². The van der Waals surface area contributed by atoms with Crippen molar-refractivity contribution >= 4 is 44.7 Å². The van der Waals surface area contributed by atoms with Crippen LogP contribution in [0.3, 0.4) is 0 Å². The Morgan fingerprint density at radius 3 is 2.81 bits per heavy atom. The Bertz CT molecular complexity index is 1210. The second kappa shape index (κ2) is 9.95. The average molecular weight is 578 g/mol. The Hall–Kier alpha value is -2.57. The van der Waals surface area contributed by atoms with Crippen LogP contribution in [0.1, 0.15) is 33.6 Å². The third-order valence-corrected chi connectivity index (χ3v) is 8.55. The lowest BCUT2D eigenvalue weighted by atomic mass is 9.70. The highest BCUT2D eigenvalue weighted by atomic mass is 79.9. The van der Waals surface area contributed by atoms with Crippen LogP contribution in [0.4, 0.5) is 0 Å². The third-order valence-electron chi connectivity index (χ3n) is 7.71. The molecule has 1 aromatic heterocycles. The number of hydrogen-bond acceptors (Lipinski definition) is 8. The second-order valence-electron chi connectivity index (χ2n) is 10.4. The van der Waals surface area contributed by atoms with Gasteiger partial charge < -0.3 is 24.8 Å². The number of nitrogens with one attached hydrogen (secondary N) is 1. The van der Waals surface area contributed by atoms with Crippen molar-refractivity contribution in [3.63, 3.8) is 0 Å². The van der Waals surface area contributed by atoms with E-state index < -0.39 is 47.5 Å². The fraction of sp³-hybridized carbons (Fsp3) is 0.640. The smallest absolute Gasteiger partial charge is 0.312 e. The number of fused-ring (bicyclic) bond motifs is 2. The SMILES string of the molecule is CCOC(=O)[C@@H]1[C@H]2O[C@@]3(CC2Br)[C@H](C(=O)NCn2nnc4ccccc42)N([C@@H](CO)CC(C)C)C(=O)[C@@H]13. The van der Waals surface area contributed by atoms with Crippen LogP contribution >= 0.6 is 15.9 Å². The number of amides is 2. The second-order valence-corrected chi connectivity index (χ2v) is 11.6. The van der Waals surface area contributed by atoms with Gasteiger partial charge in [-0.05, 0) is 37.8 Å². The first-order valence-electron chi connectivity index (χ1n) is 12.7. The quantitative estimate of drug-likeness (QED) is 0.335. The monoisotopic (exact) mass is 577 g/mol. The summed E-state index contributed by atoms with van der Waals surface area (Å²) < 4.78 is 13.3. The van der Waals surface area contributed by atoms with Gasteiger partial charge in [-0.3, -0.25) is 14.4 Å². The van der Waals surface area contributed by atoms with E-state index in [1.165, 1.54) is 4.90 Å². The van der Waals surface area contributed by atoms with Gasteiger partial charge in [0.25, 0.3) is 0 Å². The lowest BCUT2D eigenvalue weighted by Crippen LogP contribution is -2.58. The molecule has 0 saturated carbocycles. The highest BCUT2D eigenvalue weighted by molar-refractivity contribution is 9.09. The van der Waals surface area contributed by atoms with E-state index in [9.17, 15) is 19.5 Å². The first kappa shape index (κ1) is 26.1. The van der Waals surface area contributed by atoms with E-state index in [1.807, 2.05) is 38.1 Å². The Labute approximate surface area is 223 Å². The van der Waals surface area contributed by atoms with Crippen molar-refractivity contribution in [3.05, 3.63) is 24.3 Å². The molecule has 2 bridgehead atoms. The molecule has 11 nitrogen and oxygen atoms in total. The largest absolute Gasteiger partial charge is 0.466 e. The molecule has 3 fully saturated rings. The number of nitrogens with zero attached hydrogens (tertiary/aromatic N) is 4. The number of carbonyl (C=O) groups excluding carboxylic acids is 3. The number of para-hydroxylation sites is 1. The number of ether oxygens (including phenoxy) is 2. The first-order chi connectivity index (χ1) is 17.7. The molecule has 3 saturated heterocycles. The number of hydrogen-bond donors (Lipinski definition) is 2. The Morgan fingerprint density at radius 1 is 1.35 bits per heavy atom. The molecule has 1 unspecified atom stereocenters. The van der Waals surface area contributed by atoms with Crippen molar-refractivity contribution in [2.24, 2.45) is 17.8 Å². The fourth-order valence-corrected chi connectivity index (χ4v) is 7.31. The number of aliphatic hydroxyl groups excluding tert-OH is 1. The standard InChI is InChI=1S/C25H32BrN5O6/c1-4-36-24(35)18-19-23(34)31(14(11-32)9-13(2)3)21(25(19)10-15(26)20(18)37-25)22(33)27-12-30-17-8-6-5-7-16(17)28-29-30/h5-8,13-15,18-21,32H,4,9-12H2,1-3H3,(H,27,33)/t14-,15?,18+,19-,20+,21+,25-/m1/s1. The van der Waals surface area contributed by atoms with Crippen molar-refractivity contribution in [3.8, 4) is 0 Å². The molecule has 2 N–H and O–H groups in total. The number of carbonyl (C=O) groups is 3. The lowest BCUT2D eigenvalue weighted by Gasteiger charge is -2.37. The van der Waals surface area contributed by atoms with Crippen molar-refractivity contribution < 1.29 is 29.0 Å². The Balaban J connectivity index is 1.50. The number of alkyl halides is 1. The van der Waals surface area contributed by atoms with Crippen molar-refractivity contribution in [2.45, 2.75) is 68.9 Å². The molecule has 2 amide bonds. The normalized spacial score (nSPS) is 31.2. The zero-order valence-electron chi connectivity index (χ0n) is 21.0. The van der Waals surface area contributed by atoms with E-state index in [1.54, 1.807) is 11.6 Å². The summed E-state index contributed by atoms with van der Waals surface area (Å²) in [6.07, 6.45) is 0.292. The minimum absolute atomic E-state index is 0.0368. The summed E-state index contributed by atoms with van der Waals surface area (Å²) >= 11 is 3.63. The molecule has 1 aromatic carbocycles. The maximum atomic E-state index is 14.0.